The number of aromatic nitrogens is 4. The molecular weight excluding hydrogens is 561 g/mol. The second kappa shape index (κ2) is 12.5. The summed E-state index contributed by atoms with van der Waals surface area (Å²) >= 11 is 14.1. The van der Waals surface area contributed by atoms with Crippen LogP contribution in [0.25, 0.3) is 5.69 Å². The summed E-state index contributed by atoms with van der Waals surface area (Å²) in [4.78, 5) is 29.0. The van der Waals surface area contributed by atoms with Crippen molar-refractivity contribution in [2.45, 2.75) is 31.3 Å². The number of nitrogens with zero attached hydrogens (tertiary/aromatic N) is 6. The van der Waals surface area contributed by atoms with Crippen molar-refractivity contribution >= 4 is 52.5 Å². The van der Waals surface area contributed by atoms with Gasteiger partial charge in [-0.3, -0.25) is 9.59 Å². The van der Waals surface area contributed by atoms with Gasteiger partial charge in [-0.25, -0.2) is 0 Å². The maximum absolute atomic E-state index is 12.6. The monoisotopic (exact) mass is 591 g/mol. The van der Waals surface area contributed by atoms with Gasteiger partial charge in [0.2, 0.25) is 11.1 Å². The van der Waals surface area contributed by atoms with Crippen LogP contribution in [0.2, 0.25) is 10.0 Å². The van der Waals surface area contributed by atoms with Crippen molar-refractivity contribution in [2.75, 3.05) is 50.9 Å². The fourth-order valence-corrected chi connectivity index (χ4v) is 5.02. The third-order valence-corrected chi connectivity index (χ3v) is 7.78. The van der Waals surface area contributed by atoms with E-state index in [-0.39, 0.29) is 29.6 Å². The molecular formula is C26H31Cl2N7O3S. The topological polar surface area (TPSA) is 105 Å². The molecule has 0 radical (unpaired) electrons. The van der Waals surface area contributed by atoms with Crippen molar-refractivity contribution in [2.24, 2.45) is 0 Å². The van der Waals surface area contributed by atoms with Crippen LogP contribution in [0.5, 0.6) is 5.75 Å². The minimum absolute atomic E-state index is 0.0478. The standard InChI is InChI=1S/C26H31Cl2N7O3S/c1-26(2,3)17-5-8-22(20(28)13-17)35-25(30-31-32-35)39-16-23(36)29-21-7-6-18(14-19(21)27)38-15-24(37)34-11-9-33(4)10-12-34/h5-8,13-14H,9-12,15-16H2,1-4H3,(H,29,36). The fraction of sp³-hybridized carbons (Fsp3) is 0.423. The smallest absolute Gasteiger partial charge is 0.260 e. The highest BCUT2D eigenvalue weighted by Crippen LogP contribution is 2.31. The molecule has 2 aromatic carbocycles. The molecule has 3 aromatic rings. The third kappa shape index (κ3) is 7.63. The molecule has 0 unspecified atom stereocenters. The van der Waals surface area contributed by atoms with Gasteiger partial charge >= 0.3 is 0 Å². The van der Waals surface area contributed by atoms with Gasteiger partial charge in [-0.1, -0.05) is 61.8 Å². The Morgan fingerprint density at radius 2 is 1.79 bits per heavy atom. The van der Waals surface area contributed by atoms with E-state index in [9.17, 15) is 9.59 Å². The number of nitrogens with one attached hydrogen (secondary N) is 1. The first-order chi connectivity index (χ1) is 18.5. The molecule has 1 aliphatic rings. The zero-order valence-corrected chi connectivity index (χ0v) is 24.6. The van der Waals surface area contributed by atoms with E-state index in [4.69, 9.17) is 27.9 Å². The summed E-state index contributed by atoms with van der Waals surface area (Å²) in [6.07, 6.45) is 0. The summed E-state index contributed by atoms with van der Waals surface area (Å²) in [5, 5.41) is 15.8. The van der Waals surface area contributed by atoms with Crippen molar-refractivity contribution in [3.8, 4) is 11.4 Å². The quantitative estimate of drug-likeness (QED) is 0.389. The lowest BCUT2D eigenvalue weighted by molar-refractivity contribution is -0.134. The molecule has 1 fully saturated rings. The Labute approximate surface area is 242 Å². The van der Waals surface area contributed by atoms with E-state index in [1.54, 1.807) is 23.1 Å². The van der Waals surface area contributed by atoms with Gasteiger partial charge in [0.05, 0.1) is 27.2 Å². The number of hydrogen-bond donors (Lipinski definition) is 1. The molecule has 1 saturated heterocycles. The van der Waals surface area contributed by atoms with E-state index in [2.05, 4.69) is 46.5 Å². The van der Waals surface area contributed by atoms with Gasteiger partial charge in [0.15, 0.2) is 6.61 Å². The minimum Gasteiger partial charge on any atom is -0.484 e. The molecule has 0 aliphatic carbocycles. The number of hydrogen-bond acceptors (Lipinski definition) is 8. The van der Waals surface area contributed by atoms with Crippen molar-refractivity contribution in [3.05, 3.63) is 52.0 Å². The summed E-state index contributed by atoms with van der Waals surface area (Å²) in [6.45, 7) is 9.32. The fourth-order valence-electron chi connectivity index (χ4n) is 3.86. The first kappa shape index (κ1) is 29.1. The van der Waals surface area contributed by atoms with Crippen LogP contribution in [0, 0.1) is 0 Å². The number of halogens is 2. The van der Waals surface area contributed by atoms with Gasteiger partial charge < -0.3 is 19.9 Å². The Morgan fingerprint density at radius 3 is 2.46 bits per heavy atom. The number of tetrazole rings is 1. The van der Waals surface area contributed by atoms with Crippen molar-refractivity contribution < 1.29 is 14.3 Å². The van der Waals surface area contributed by atoms with Crippen LogP contribution in [0.1, 0.15) is 26.3 Å². The lowest BCUT2D eigenvalue weighted by atomic mass is 9.87. The van der Waals surface area contributed by atoms with Crippen LogP contribution in [0.3, 0.4) is 0 Å². The number of carbonyl (C=O) groups excluding carboxylic acids is 2. The lowest BCUT2D eigenvalue weighted by Crippen LogP contribution is -2.48. The normalized spacial score (nSPS) is 14.4. The Kier molecular flexibility index (Phi) is 9.37. The molecule has 0 bridgehead atoms. The summed E-state index contributed by atoms with van der Waals surface area (Å²) in [6, 6.07) is 10.6. The number of benzene rings is 2. The summed E-state index contributed by atoms with van der Waals surface area (Å²) in [7, 11) is 2.03. The highest BCUT2D eigenvalue weighted by Gasteiger charge is 2.20. The molecule has 1 aromatic heterocycles. The number of amides is 2. The van der Waals surface area contributed by atoms with Crippen LogP contribution in [0.15, 0.2) is 41.6 Å². The van der Waals surface area contributed by atoms with Gasteiger partial charge in [0.1, 0.15) is 5.75 Å². The molecule has 208 valence electrons. The second-order valence-corrected chi connectivity index (χ2v) is 12.0. The number of piperazine rings is 1. The number of carbonyl (C=O) groups is 2. The van der Waals surface area contributed by atoms with Gasteiger partial charge in [-0.2, -0.15) is 4.68 Å². The van der Waals surface area contributed by atoms with Crippen molar-refractivity contribution in [1.29, 1.82) is 0 Å². The largest absolute Gasteiger partial charge is 0.484 e. The molecule has 39 heavy (non-hydrogen) atoms. The zero-order chi connectivity index (χ0) is 28.2. The van der Waals surface area contributed by atoms with Gasteiger partial charge in [-0.05, 0) is 52.7 Å². The number of likely N-dealkylation sites (N-methyl/N-ethyl adjacent to an activating group) is 1. The Hall–Kier alpha value is -2.86. The Balaban J connectivity index is 1.31. The molecule has 2 amide bonds. The number of anilines is 1. The highest BCUT2D eigenvalue weighted by atomic mass is 35.5. The summed E-state index contributed by atoms with van der Waals surface area (Å²) < 4.78 is 7.14. The van der Waals surface area contributed by atoms with Crippen molar-refractivity contribution in [1.82, 2.24) is 30.0 Å². The van der Waals surface area contributed by atoms with Crippen LogP contribution < -0.4 is 10.1 Å². The number of rotatable bonds is 8. The summed E-state index contributed by atoms with van der Waals surface area (Å²) in [5.41, 5.74) is 2.10. The molecule has 2 heterocycles. The van der Waals surface area contributed by atoms with Gasteiger partial charge in [0, 0.05) is 32.2 Å². The average molecular weight is 593 g/mol. The second-order valence-electron chi connectivity index (χ2n) is 10.2. The first-order valence-electron chi connectivity index (χ1n) is 12.4. The maximum atomic E-state index is 12.6. The van der Waals surface area contributed by atoms with E-state index in [0.29, 0.717) is 45.4 Å². The predicted octanol–water partition coefficient (Wildman–Crippen LogP) is 4.15. The van der Waals surface area contributed by atoms with Crippen molar-refractivity contribution in [3.63, 3.8) is 0 Å². The van der Waals surface area contributed by atoms with E-state index in [1.807, 2.05) is 25.2 Å². The molecule has 0 saturated carbocycles. The Morgan fingerprint density at radius 1 is 1.05 bits per heavy atom. The predicted molar refractivity (Wildman–Crippen MR) is 153 cm³/mol. The SMILES string of the molecule is CN1CCN(C(=O)COc2ccc(NC(=O)CSc3nnnn3-c3ccc(C(C)(C)C)cc3Cl)c(Cl)c2)CC1. The highest BCUT2D eigenvalue weighted by molar-refractivity contribution is 7.99. The minimum atomic E-state index is -0.287. The van der Waals surface area contributed by atoms with Gasteiger partial charge in [0.25, 0.3) is 5.91 Å². The molecule has 10 nitrogen and oxygen atoms in total. The van der Waals surface area contributed by atoms with Gasteiger partial charge in [-0.15, -0.1) is 5.10 Å². The number of thioether (sulfide) groups is 1. The maximum Gasteiger partial charge on any atom is 0.260 e. The lowest BCUT2D eigenvalue weighted by Gasteiger charge is -2.32. The summed E-state index contributed by atoms with van der Waals surface area (Å²) in [5.74, 6) is 0.141. The van der Waals surface area contributed by atoms with E-state index in [1.165, 1.54) is 16.4 Å². The van der Waals surface area contributed by atoms with E-state index >= 15 is 0 Å². The first-order valence-corrected chi connectivity index (χ1v) is 14.2. The van der Waals surface area contributed by atoms with Crippen LogP contribution in [-0.4, -0.2) is 87.4 Å². The number of ether oxygens (including phenoxy) is 1. The van der Waals surface area contributed by atoms with Crippen LogP contribution in [0.4, 0.5) is 5.69 Å². The molecule has 0 atom stereocenters. The molecule has 0 spiro atoms. The molecule has 4 rings (SSSR count). The zero-order valence-electron chi connectivity index (χ0n) is 22.3. The molecule has 13 heteroatoms. The van der Waals surface area contributed by atoms with Crippen LogP contribution >= 0.6 is 35.0 Å². The average Bonchev–Trinajstić information content (AvgIpc) is 3.35. The van der Waals surface area contributed by atoms with E-state index in [0.717, 1.165) is 18.7 Å². The van der Waals surface area contributed by atoms with Crippen LogP contribution in [-0.2, 0) is 15.0 Å². The third-order valence-electron chi connectivity index (χ3n) is 6.25. The molecule has 1 N–H and O–H groups in total. The van der Waals surface area contributed by atoms with E-state index < -0.39 is 0 Å². The molecule has 1 aliphatic heterocycles. The Bertz CT molecular complexity index is 1340.